The zero-order valence-electron chi connectivity index (χ0n) is 8.96. The summed E-state index contributed by atoms with van der Waals surface area (Å²) in [6.07, 6.45) is 3.13. The zero-order chi connectivity index (χ0) is 11.3. The highest BCUT2D eigenvalue weighted by Crippen LogP contribution is 2.10. The smallest absolute Gasteiger partial charge is 0.227 e. The lowest BCUT2D eigenvalue weighted by molar-refractivity contribution is -0.119. The lowest BCUT2D eigenvalue weighted by Crippen LogP contribution is -2.20. The lowest BCUT2D eigenvalue weighted by Gasteiger charge is -2.10. The standard InChI is InChI=1S/C11H15FN2O.H2/c1-3-4-8(2)11(15)14-9-5-6-10(12)13-7-9;/h5-8H,3-4H2,1-2H3,(H,14,15);1H/t8-;/m0./s1. The van der Waals surface area contributed by atoms with E-state index in [-0.39, 0.29) is 13.3 Å². The van der Waals surface area contributed by atoms with Gasteiger partial charge in [-0.25, -0.2) is 4.98 Å². The fourth-order valence-electron chi connectivity index (χ4n) is 1.28. The van der Waals surface area contributed by atoms with Gasteiger partial charge in [0.1, 0.15) is 0 Å². The predicted molar refractivity (Wildman–Crippen MR) is 59.0 cm³/mol. The maximum Gasteiger partial charge on any atom is 0.227 e. The van der Waals surface area contributed by atoms with Gasteiger partial charge in [0.2, 0.25) is 11.9 Å². The monoisotopic (exact) mass is 212 g/mol. The molecule has 1 N–H and O–H groups in total. The van der Waals surface area contributed by atoms with Gasteiger partial charge in [0.15, 0.2) is 0 Å². The van der Waals surface area contributed by atoms with E-state index in [1.807, 2.05) is 13.8 Å². The third-order valence-electron chi connectivity index (χ3n) is 2.16. The van der Waals surface area contributed by atoms with E-state index < -0.39 is 5.95 Å². The number of halogens is 1. The molecule has 1 aromatic rings. The first-order valence-corrected chi connectivity index (χ1v) is 5.06. The minimum atomic E-state index is -0.547. The number of amides is 1. The van der Waals surface area contributed by atoms with Crippen molar-refractivity contribution in [2.24, 2.45) is 5.92 Å². The van der Waals surface area contributed by atoms with Gasteiger partial charge in [0, 0.05) is 7.34 Å². The topological polar surface area (TPSA) is 42.0 Å². The van der Waals surface area contributed by atoms with Crippen molar-refractivity contribution in [1.29, 1.82) is 0 Å². The summed E-state index contributed by atoms with van der Waals surface area (Å²) in [6, 6.07) is 2.72. The van der Waals surface area contributed by atoms with E-state index in [4.69, 9.17) is 0 Å². The first kappa shape index (κ1) is 11.6. The molecule has 1 atom stereocenters. The second kappa shape index (κ2) is 5.44. The molecular weight excluding hydrogens is 195 g/mol. The fraction of sp³-hybridized carbons (Fsp3) is 0.455. The number of carbonyl (C=O) groups is 1. The SMILES string of the molecule is CCC[C@H](C)C(=O)Nc1ccc(F)nc1.[HH]. The van der Waals surface area contributed by atoms with Gasteiger partial charge in [-0.2, -0.15) is 4.39 Å². The molecule has 0 aliphatic carbocycles. The molecule has 0 unspecified atom stereocenters. The van der Waals surface area contributed by atoms with Crippen LogP contribution < -0.4 is 5.32 Å². The fourth-order valence-corrected chi connectivity index (χ4v) is 1.28. The third kappa shape index (κ3) is 3.65. The normalized spacial score (nSPS) is 12.2. The average molecular weight is 212 g/mol. The molecule has 0 spiro atoms. The molecule has 4 heteroatoms. The van der Waals surface area contributed by atoms with Gasteiger partial charge in [0.25, 0.3) is 0 Å². The molecular formula is C11H17FN2O. The molecule has 0 aliphatic rings. The number of anilines is 1. The van der Waals surface area contributed by atoms with Gasteiger partial charge in [-0.15, -0.1) is 0 Å². The molecule has 84 valence electrons. The van der Waals surface area contributed by atoms with Gasteiger partial charge in [-0.05, 0) is 18.6 Å². The molecule has 0 aromatic carbocycles. The second-order valence-electron chi connectivity index (χ2n) is 3.55. The number of carbonyl (C=O) groups excluding carboxylic acids is 1. The van der Waals surface area contributed by atoms with Crippen molar-refractivity contribution in [1.82, 2.24) is 4.98 Å². The van der Waals surface area contributed by atoms with Crippen molar-refractivity contribution < 1.29 is 10.6 Å². The number of aromatic nitrogens is 1. The number of rotatable bonds is 4. The van der Waals surface area contributed by atoms with Gasteiger partial charge in [-0.3, -0.25) is 4.79 Å². The van der Waals surface area contributed by atoms with Gasteiger partial charge in [-0.1, -0.05) is 20.3 Å². The van der Waals surface area contributed by atoms with Crippen LogP contribution in [-0.4, -0.2) is 10.9 Å². The van der Waals surface area contributed by atoms with Crippen LogP contribution >= 0.6 is 0 Å². The average Bonchev–Trinajstić information content (AvgIpc) is 2.22. The molecule has 15 heavy (non-hydrogen) atoms. The highest BCUT2D eigenvalue weighted by molar-refractivity contribution is 5.92. The molecule has 1 rings (SSSR count). The Hall–Kier alpha value is -1.45. The Morgan fingerprint density at radius 3 is 2.93 bits per heavy atom. The van der Waals surface area contributed by atoms with Crippen molar-refractivity contribution in [3.8, 4) is 0 Å². The highest BCUT2D eigenvalue weighted by Gasteiger charge is 2.11. The van der Waals surface area contributed by atoms with Crippen molar-refractivity contribution in [3.05, 3.63) is 24.3 Å². The van der Waals surface area contributed by atoms with Crippen LogP contribution in [0.5, 0.6) is 0 Å². The summed E-state index contributed by atoms with van der Waals surface area (Å²) in [5.74, 6) is -0.625. The van der Waals surface area contributed by atoms with Crippen molar-refractivity contribution in [3.63, 3.8) is 0 Å². The van der Waals surface area contributed by atoms with Gasteiger partial charge < -0.3 is 5.32 Å². The predicted octanol–water partition coefficient (Wildman–Crippen LogP) is 2.84. The van der Waals surface area contributed by atoms with E-state index in [1.54, 1.807) is 0 Å². The third-order valence-corrected chi connectivity index (χ3v) is 2.16. The molecule has 0 saturated heterocycles. The van der Waals surface area contributed by atoms with Crippen LogP contribution in [0.2, 0.25) is 0 Å². The maximum atomic E-state index is 12.5. The van der Waals surface area contributed by atoms with Gasteiger partial charge in [0.05, 0.1) is 11.9 Å². The highest BCUT2D eigenvalue weighted by atomic mass is 19.1. The van der Waals surface area contributed by atoms with Crippen LogP contribution in [0.25, 0.3) is 0 Å². The summed E-state index contributed by atoms with van der Waals surface area (Å²) in [7, 11) is 0. The van der Waals surface area contributed by atoms with E-state index in [1.165, 1.54) is 18.3 Å². The molecule has 0 fully saturated rings. The van der Waals surface area contributed by atoms with Crippen LogP contribution in [0.1, 0.15) is 28.1 Å². The Kier molecular flexibility index (Phi) is 4.21. The summed E-state index contributed by atoms with van der Waals surface area (Å²) < 4.78 is 12.5. The number of hydrogen-bond acceptors (Lipinski definition) is 2. The Bertz CT molecular complexity index is 329. The van der Waals surface area contributed by atoms with Crippen molar-refractivity contribution >= 4 is 11.6 Å². The molecule has 0 radical (unpaired) electrons. The lowest BCUT2D eigenvalue weighted by atomic mass is 10.1. The Balaban J connectivity index is 0.00000225. The first-order chi connectivity index (χ1) is 7.13. The first-order valence-electron chi connectivity index (χ1n) is 5.06. The number of hydrogen-bond donors (Lipinski definition) is 1. The largest absolute Gasteiger partial charge is 0.324 e. The Morgan fingerprint density at radius 2 is 2.40 bits per heavy atom. The molecule has 0 bridgehead atoms. The molecule has 0 aliphatic heterocycles. The van der Waals surface area contributed by atoms with E-state index in [0.717, 1.165) is 12.8 Å². The minimum absolute atomic E-state index is 0. The van der Waals surface area contributed by atoms with Gasteiger partial charge >= 0.3 is 0 Å². The minimum Gasteiger partial charge on any atom is -0.324 e. The summed E-state index contributed by atoms with van der Waals surface area (Å²) in [5, 5.41) is 2.69. The zero-order valence-corrected chi connectivity index (χ0v) is 8.96. The summed E-state index contributed by atoms with van der Waals surface area (Å²) in [6.45, 7) is 3.90. The van der Waals surface area contributed by atoms with Crippen LogP contribution in [0.15, 0.2) is 18.3 Å². The van der Waals surface area contributed by atoms with Crippen LogP contribution in [-0.2, 0) is 4.79 Å². The maximum absolute atomic E-state index is 12.5. The van der Waals surface area contributed by atoms with Crippen LogP contribution in [0, 0.1) is 11.9 Å². The Labute approximate surface area is 90.2 Å². The van der Waals surface area contributed by atoms with Crippen LogP contribution in [0.4, 0.5) is 10.1 Å². The van der Waals surface area contributed by atoms with E-state index >= 15 is 0 Å². The summed E-state index contributed by atoms with van der Waals surface area (Å²) in [4.78, 5) is 15.0. The second-order valence-corrected chi connectivity index (χ2v) is 3.55. The molecule has 1 amide bonds. The summed E-state index contributed by atoms with van der Waals surface area (Å²) in [5.41, 5.74) is 0.532. The molecule has 0 saturated carbocycles. The van der Waals surface area contributed by atoms with E-state index in [2.05, 4.69) is 10.3 Å². The Morgan fingerprint density at radius 1 is 1.67 bits per heavy atom. The van der Waals surface area contributed by atoms with Crippen LogP contribution in [0.3, 0.4) is 0 Å². The van der Waals surface area contributed by atoms with Crippen molar-refractivity contribution in [2.75, 3.05) is 5.32 Å². The number of nitrogens with zero attached hydrogens (tertiary/aromatic N) is 1. The van der Waals surface area contributed by atoms with Crippen molar-refractivity contribution in [2.45, 2.75) is 26.7 Å². The van der Waals surface area contributed by atoms with E-state index in [9.17, 15) is 9.18 Å². The molecule has 3 nitrogen and oxygen atoms in total. The summed E-state index contributed by atoms with van der Waals surface area (Å²) >= 11 is 0. The number of nitrogens with one attached hydrogen (secondary N) is 1. The molecule has 1 aromatic heterocycles. The number of pyridine rings is 1. The molecule has 1 heterocycles. The quantitative estimate of drug-likeness (QED) is 0.780. The van der Waals surface area contributed by atoms with E-state index in [0.29, 0.717) is 5.69 Å².